The van der Waals surface area contributed by atoms with Gasteiger partial charge in [-0.25, -0.2) is 0 Å². The molecule has 0 aromatic carbocycles. The maximum absolute atomic E-state index is 3.71. The monoisotopic (exact) mass is 182 g/mol. The number of rotatable bonds is 5. The Morgan fingerprint density at radius 1 is 1.46 bits per heavy atom. The van der Waals surface area contributed by atoms with E-state index in [1.54, 1.807) is 0 Å². The minimum absolute atomic E-state index is 0.904. The third-order valence-corrected chi connectivity index (χ3v) is 2.80. The van der Waals surface area contributed by atoms with E-state index in [0.717, 1.165) is 18.9 Å². The van der Waals surface area contributed by atoms with E-state index in [-0.39, 0.29) is 0 Å². The van der Waals surface area contributed by atoms with Crippen LogP contribution in [-0.2, 0) is 0 Å². The van der Waals surface area contributed by atoms with Crippen LogP contribution in [0.5, 0.6) is 0 Å². The van der Waals surface area contributed by atoms with E-state index in [1.807, 2.05) is 6.08 Å². The van der Waals surface area contributed by atoms with Crippen molar-refractivity contribution in [2.24, 2.45) is 5.92 Å². The molecule has 1 saturated heterocycles. The van der Waals surface area contributed by atoms with E-state index in [4.69, 9.17) is 0 Å². The summed E-state index contributed by atoms with van der Waals surface area (Å²) in [4.78, 5) is 2.42. The lowest BCUT2D eigenvalue weighted by atomic mass is 9.97. The molecular formula is C11H22N2. The molecular weight excluding hydrogens is 160 g/mol. The lowest BCUT2D eigenvalue weighted by Crippen LogP contribution is -2.35. The van der Waals surface area contributed by atoms with Gasteiger partial charge in [0.05, 0.1) is 0 Å². The molecule has 0 amide bonds. The highest BCUT2D eigenvalue weighted by Crippen LogP contribution is 2.14. The zero-order valence-electron chi connectivity index (χ0n) is 8.76. The predicted octanol–water partition coefficient (Wildman–Crippen LogP) is 1.49. The van der Waals surface area contributed by atoms with Crippen LogP contribution in [0.2, 0.25) is 0 Å². The lowest BCUT2D eigenvalue weighted by Gasteiger charge is -2.28. The van der Waals surface area contributed by atoms with E-state index >= 15 is 0 Å². The number of piperidine rings is 1. The summed E-state index contributed by atoms with van der Waals surface area (Å²) < 4.78 is 0. The minimum Gasteiger partial charge on any atom is -0.316 e. The maximum atomic E-state index is 3.71. The van der Waals surface area contributed by atoms with E-state index in [1.165, 1.54) is 32.5 Å². The lowest BCUT2D eigenvalue weighted by molar-refractivity contribution is 0.216. The Labute approximate surface area is 82.0 Å². The van der Waals surface area contributed by atoms with Crippen LogP contribution in [-0.4, -0.2) is 38.1 Å². The second-order valence-electron chi connectivity index (χ2n) is 4.03. The fourth-order valence-electron chi connectivity index (χ4n) is 1.78. The van der Waals surface area contributed by atoms with Gasteiger partial charge in [0.15, 0.2) is 0 Å². The molecule has 0 saturated carbocycles. The molecule has 0 atom stereocenters. The summed E-state index contributed by atoms with van der Waals surface area (Å²) in [6.07, 6.45) is 5.78. The number of hydrogen-bond donors (Lipinski definition) is 1. The van der Waals surface area contributed by atoms with E-state index < -0.39 is 0 Å². The van der Waals surface area contributed by atoms with Crippen LogP contribution in [0.25, 0.3) is 0 Å². The van der Waals surface area contributed by atoms with Gasteiger partial charge < -0.3 is 10.2 Å². The first-order chi connectivity index (χ1) is 6.33. The first kappa shape index (κ1) is 10.7. The highest BCUT2D eigenvalue weighted by molar-refractivity contribution is 4.73. The summed E-state index contributed by atoms with van der Waals surface area (Å²) in [5, 5.41) is 3.48. The Morgan fingerprint density at radius 3 is 2.77 bits per heavy atom. The molecule has 0 aromatic rings. The molecule has 2 heteroatoms. The molecule has 1 aliphatic rings. The Kier molecular flexibility index (Phi) is 5.09. The number of nitrogens with zero attached hydrogens (tertiary/aromatic N) is 1. The first-order valence-corrected chi connectivity index (χ1v) is 5.33. The zero-order chi connectivity index (χ0) is 9.52. The second kappa shape index (κ2) is 6.17. The van der Waals surface area contributed by atoms with Crippen LogP contribution < -0.4 is 5.32 Å². The maximum Gasteiger partial charge on any atom is -0.00143 e. The predicted molar refractivity (Wildman–Crippen MR) is 57.9 cm³/mol. The normalized spacial score (nSPS) is 20.4. The molecule has 1 rings (SSSR count). The van der Waals surface area contributed by atoms with Gasteiger partial charge >= 0.3 is 0 Å². The molecule has 1 heterocycles. The molecule has 0 radical (unpaired) electrons. The van der Waals surface area contributed by atoms with Crippen molar-refractivity contribution in [1.82, 2.24) is 10.2 Å². The van der Waals surface area contributed by atoms with Crippen molar-refractivity contribution in [1.29, 1.82) is 0 Å². The quantitative estimate of drug-likeness (QED) is 0.512. The van der Waals surface area contributed by atoms with Crippen LogP contribution >= 0.6 is 0 Å². The van der Waals surface area contributed by atoms with Gasteiger partial charge in [0.25, 0.3) is 0 Å². The highest BCUT2D eigenvalue weighted by Gasteiger charge is 2.15. The third-order valence-electron chi connectivity index (χ3n) is 2.80. The number of likely N-dealkylation sites (tertiary alicyclic amines) is 1. The largest absolute Gasteiger partial charge is 0.316 e. The Bertz CT molecular complexity index is 137. The van der Waals surface area contributed by atoms with Crippen LogP contribution in [0.3, 0.4) is 0 Å². The number of hydrogen-bond acceptors (Lipinski definition) is 2. The van der Waals surface area contributed by atoms with Crippen LogP contribution in [0.4, 0.5) is 0 Å². The molecule has 13 heavy (non-hydrogen) atoms. The van der Waals surface area contributed by atoms with Gasteiger partial charge in [0.2, 0.25) is 0 Å². The molecule has 0 aliphatic carbocycles. The van der Waals surface area contributed by atoms with Crippen molar-refractivity contribution < 1.29 is 0 Å². The molecule has 1 fully saturated rings. The van der Waals surface area contributed by atoms with Crippen molar-refractivity contribution >= 4 is 0 Å². The number of nitrogens with one attached hydrogen (secondary N) is 1. The van der Waals surface area contributed by atoms with Crippen molar-refractivity contribution in [3.63, 3.8) is 0 Å². The van der Waals surface area contributed by atoms with Crippen molar-refractivity contribution in [2.45, 2.75) is 19.3 Å². The summed E-state index contributed by atoms with van der Waals surface area (Å²) in [5.41, 5.74) is 0. The van der Waals surface area contributed by atoms with Crippen molar-refractivity contribution in [3.05, 3.63) is 12.7 Å². The molecule has 2 nitrogen and oxygen atoms in total. The smallest absolute Gasteiger partial charge is 0.00143 e. The summed E-state index contributed by atoms with van der Waals surface area (Å²) >= 11 is 0. The summed E-state index contributed by atoms with van der Waals surface area (Å²) in [5.74, 6) is 0.904. The van der Waals surface area contributed by atoms with Gasteiger partial charge in [-0.3, -0.25) is 0 Å². The fraction of sp³-hybridized carbons (Fsp3) is 0.818. The molecule has 0 unspecified atom stereocenters. The SMILES string of the molecule is C=CCCNCC1CCN(C)CC1. The zero-order valence-corrected chi connectivity index (χ0v) is 8.76. The standard InChI is InChI=1S/C11H22N2/c1-3-4-7-12-10-11-5-8-13(2)9-6-11/h3,11-12H,1,4-10H2,2H3. The third kappa shape index (κ3) is 4.44. The fourth-order valence-corrected chi connectivity index (χ4v) is 1.78. The summed E-state index contributed by atoms with van der Waals surface area (Å²) in [6, 6.07) is 0. The van der Waals surface area contributed by atoms with Gasteiger partial charge in [0, 0.05) is 0 Å². The molecule has 76 valence electrons. The van der Waals surface area contributed by atoms with Gasteiger partial charge in [-0.05, 0) is 58.4 Å². The van der Waals surface area contributed by atoms with E-state index in [9.17, 15) is 0 Å². The van der Waals surface area contributed by atoms with Crippen LogP contribution in [0.1, 0.15) is 19.3 Å². The average molecular weight is 182 g/mol. The topological polar surface area (TPSA) is 15.3 Å². The molecule has 0 bridgehead atoms. The first-order valence-electron chi connectivity index (χ1n) is 5.33. The van der Waals surface area contributed by atoms with Gasteiger partial charge in [-0.15, -0.1) is 6.58 Å². The van der Waals surface area contributed by atoms with Gasteiger partial charge in [0.1, 0.15) is 0 Å². The van der Waals surface area contributed by atoms with Crippen molar-refractivity contribution in [3.8, 4) is 0 Å². The molecule has 0 aromatic heterocycles. The van der Waals surface area contributed by atoms with E-state index in [2.05, 4.69) is 23.8 Å². The minimum atomic E-state index is 0.904. The summed E-state index contributed by atoms with van der Waals surface area (Å²) in [7, 11) is 2.21. The summed E-state index contributed by atoms with van der Waals surface area (Å²) in [6.45, 7) is 8.54. The average Bonchev–Trinajstić information content (AvgIpc) is 2.15. The van der Waals surface area contributed by atoms with E-state index in [0.29, 0.717) is 0 Å². The van der Waals surface area contributed by atoms with Gasteiger partial charge in [-0.1, -0.05) is 6.08 Å². The molecule has 1 aliphatic heterocycles. The van der Waals surface area contributed by atoms with Gasteiger partial charge in [-0.2, -0.15) is 0 Å². The van der Waals surface area contributed by atoms with Crippen molar-refractivity contribution in [2.75, 3.05) is 33.2 Å². The van der Waals surface area contributed by atoms with Crippen LogP contribution in [0.15, 0.2) is 12.7 Å². The Balaban J connectivity index is 1.99. The Morgan fingerprint density at radius 2 is 2.15 bits per heavy atom. The van der Waals surface area contributed by atoms with Crippen LogP contribution in [0, 0.1) is 5.92 Å². The molecule has 1 N–H and O–H groups in total. The molecule has 0 spiro atoms. The Hall–Kier alpha value is -0.340. The second-order valence-corrected chi connectivity index (χ2v) is 4.03. The highest BCUT2D eigenvalue weighted by atomic mass is 15.1.